The summed E-state index contributed by atoms with van der Waals surface area (Å²) in [7, 11) is -5.76. The zero-order chi connectivity index (χ0) is 31.3. The van der Waals surface area contributed by atoms with Gasteiger partial charge < -0.3 is 20.2 Å². The van der Waals surface area contributed by atoms with Gasteiger partial charge in [0.05, 0.1) is 0 Å². The molecule has 0 saturated heterocycles. The van der Waals surface area contributed by atoms with Crippen molar-refractivity contribution in [1.82, 2.24) is 0 Å². The molecular weight excluding hydrogens is 640 g/mol. The van der Waals surface area contributed by atoms with Crippen molar-refractivity contribution in [2.75, 3.05) is 0 Å². The number of benzene rings is 6. The molecule has 7 heteroatoms. The third-order valence-electron chi connectivity index (χ3n) is 7.15. The molecule has 1 radical (unpaired) electrons. The Bertz CT molecular complexity index is 1320. The van der Waals surface area contributed by atoms with Gasteiger partial charge in [-0.2, -0.15) is 0 Å². The van der Waals surface area contributed by atoms with Gasteiger partial charge in [0.2, 0.25) is 0 Å². The number of aliphatic hydroxyl groups excluding tert-OH is 1. The standard InChI is InChI=1S/2C18H16OSi.C3H8O.O.V/c2*19-20(16-10-4-1-5-11-16,17-12-6-2-7-13-17)18-14-8-3-9-15-18;1-3(2)4;;/h2*1-15,19H;3-4H,1-2H3;;/q;;;-2;+2. The van der Waals surface area contributed by atoms with E-state index >= 15 is 0 Å². The van der Waals surface area contributed by atoms with Crippen LogP contribution >= 0.6 is 0 Å². The molecule has 0 bridgehead atoms. The minimum Gasteiger partial charge on any atom is -2.00 e. The molecule has 0 heterocycles. The van der Waals surface area contributed by atoms with Gasteiger partial charge in [-0.05, 0) is 45.0 Å². The molecular formula is C39H40O4Si2V. The maximum Gasteiger partial charge on any atom is 2.00 e. The van der Waals surface area contributed by atoms with E-state index in [0.29, 0.717) is 0 Å². The van der Waals surface area contributed by atoms with Crippen LogP contribution in [-0.4, -0.2) is 37.4 Å². The molecule has 0 atom stereocenters. The van der Waals surface area contributed by atoms with E-state index < -0.39 is 16.6 Å². The van der Waals surface area contributed by atoms with Gasteiger partial charge in [0.25, 0.3) is 16.6 Å². The van der Waals surface area contributed by atoms with Crippen molar-refractivity contribution in [1.29, 1.82) is 0 Å². The van der Waals surface area contributed by atoms with Crippen LogP contribution in [0.2, 0.25) is 0 Å². The van der Waals surface area contributed by atoms with Crippen LogP contribution in [0, 0.1) is 0 Å². The number of aliphatic hydroxyl groups is 1. The van der Waals surface area contributed by atoms with Gasteiger partial charge in [0.1, 0.15) is 0 Å². The van der Waals surface area contributed by atoms with Crippen LogP contribution in [0.25, 0.3) is 0 Å². The van der Waals surface area contributed by atoms with Gasteiger partial charge in [-0.3, -0.25) is 0 Å². The predicted molar refractivity (Wildman–Crippen MR) is 190 cm³/mol. The first-order valence-electron chi connectivity index (χ1n) is 14.8. The number of hydrogen-bond donors (Lipinski definition) is 3. The summed E-state index contributed by atoms with van der Waals surface area (Å²) in [6, 6.07) is 59.9. The van der Waals surface area contributed by atoms with E-state index in [1.807, 2.05) is 182 Å². The van der Waals surface area contributed by atoms with Gasteiger partial charge >= 0.3 is 18.6 Å². The minimum absolute atomic E-state index is 0. The second-order valence-electron chi connectivity index (χ2n) is 10.7. The van der Waals surface area contributed by atoms with Crippen molar-refractivity contribution < 1.29 is 38.7 Å². The van der Waals surface area contributed by atoms with Gasteiger partial charge in [-0.1, -0.05) is 182 Å². The van der Waals surface area contributed by atoms with E-state index in [0.717, 1.165) is 31.1 Å². The van der Waals surface area contributed by atoms with Crippen molar-refractivity contribution in [3.63, 3.8) is 0 Å². The zero-order valence-electron chi connectivity index (χ0n) is 26.1. The molecule has 0 aliphatic rings. The Morgan fingerprint density at radius 2 is 0.457 bits per heavy atom. The fourth-order valence-corrected chi connectivity index (χ4v) is 11.1. The summed E-state index contributed by atoms with van der Waals surface area (Å²) < 4.78 is 0. The average molecular weight is 680 g/mol. The summed E-state index contributed by atoms with van der Waals surface area (Å²) in [5, 5.41) is 14.1. The summed E-state index contributed by atoms with van der Waals surface area (Å²) in [5.74, 6) is 0. The normalized spacial score (nSPS) is 10.6. The van der Waals surface area contributed by atoms with Gasteiger partial charge in [-0.15, -0.1) is 0 Å². The third kappa shape index (κ3) is 9.59. The Labute approximate surface area is 287 Å². The van der Waals surface area contributed by atoms with E-state index in [1.165, 1.54) is 0 Å². The fraction of sp³-hybridized carbons (Fsp3) is 0.0769. The molecule has 6 rings (SSSR count). The molecule has 0 fully saturated rings. The van der Waals surface area contributed by atoms with Gasteiger partial charge in [0.15, 0.2) is 0 Å². The number of hydrogen-bond acceptors (Lipinski definition) is 3. The van der Waals surface area contributed by atoms with Crippen molar-refractivity contribution in [3.8, 4) is 0 Å². The van der Waals surface area contributed by atoms with Crippen LogP contribution in [0.4, 0.5) is 0 Å². The molecule has 0 aliphatic heterocycles. The summed E-state index contributed by atoms with van der Waals surface area (Å²) in [6.07, 6.45) is -0.167. The molecule has 3 N–H and O–H groups in total. The first kappa shape index (κ1) is 38.4. The van der Waals surface area contributed by atoms with Crippen molar-refractivity contribution >= 4 is 47.8 Å². The van der Waals surface area contributed by atoms with Crippen LogP contribution < -0.4 is 31.1 Å². The van der Waals surface area contributed by atoms with Crippen molar-refractivity contribution in [3.05, 3.63) is 182 Å². The van der Waals surface area contributed by atoms with Crippen LogP contribution in [0.3, 0.4) is 0 Å². The topological polar surface area (TPSA) is 89.2 Å². The SMILES string of the molecule is CC(C)O.O[Si](c1ccccc1)(c1ccccc1)c1ccccc1.O[Si](c1ccccc1)(c1ccccc1)c1ccccc1.[O-2].[V+2]. The zero-order valence-corrected chi connectivity index (χ0v) is 29.5. The quantitative estimate of drug-likeness (QED) is 0.186. The van der Waals surface area contributed by atoms with E-state index in [-0.39, 0.29) is 30.1 Å². The maximum absolute atomic E-state index is 11.6. The summed E-state index contributed by atoms with van der Waals surface area (Å²) in [5.41, 5.74) is 0. The third-order valence-corrected chi connectivity index (χ3v) is 14.2. The molecule has 0 aliphatic carbocycles. The molecule has 0 spiro atoms. The average Bonchev–Trinajstić information content (AvgIpc) is 3.10. The van der Waals surface area contributed by atoms with E-state index in [9.17, 15) is 9.59 Å². The van der Waals surface area contributed by atoms with Crippen LogP contribution in [0.15, 0.2) is 182 Å². The number of rotatable bonds is 6. The Morgan fingerprint density at radius 1 is 0.348 bits per heavy atom. The molecule has 233 valence electrons. The van der Waals surface area contributed by atoms with Crippen molar-refractivity contribution in [2.45, 2.75) is 20.0 Å². The van der Waals surface area contributed by atoms with Crippen molar-refractivity contribution in [2.24, 2.45) is 0 Å². The summed E-state index contributed by atoms with van der Waals surface area (Å²) in [4.78, 5) is 23.1. The monoisotopic (exact) mass is 679 g/mol. The van der Waals surface area contributed by atoms with Crippen LogP contribution in [0.1, 0.15) is 13.8 Å². The van der Waals surface area contributed by atoms with Gasteiger partial charge in [0, 0.05) is 6.10 Å². The maximum atomic E-state index is 11.6. The smallest absolute Gasteiger partial charge is 2.00 e. The molecule has 46 heavy (non-hydrogen) atoms. The predicted octanol–water partition coefficient (Wildman–Crippen LogP) is 3.56. The minimum atomic E-state index is -2.88. The second-order valence-corrected chi connectivity index (χ2v) is 17.0. The summed E-state index contributed by atoms with van der Waals surface area (Å²) >= 11 is 0. The van der Waals surface area contributed by atoms with E-state index in [2.05, 4.69) is 0 Å². The Hall–Kier alpha value is -3.82. The largest absolute Gasteiger partial charge is 2.00 e. The molecule has 0 aromatic heterocycles. The molecule has 0 unspecified atom stereocenters. The fourth-order valence-electron chi connectivity index (χ4n) is 5.08. The van der Waals surface area contributed by atoms with E-state index in [1.54, 1.807) is 13.8 Å². The molecule has 0 saturated carbocycles. The summed E-state index contributed by atoms with van der Waals surface area (Å²) in [6.45, 7) is 3.44. The van der Waals surface area contributed by atoms with Gasteiger partial charge in [-0.25, -0.2) is 0 Å². The van der Waals surface area contributed by atoms with Crippen LogP contribution in [0.5, 0.6) is 0 Å². The first-order chi connectivity index (χ1) is 21.4. The molecule has 6 aromatic rings. The molecule has 4 nitrogen and oxygen atoms in total. The Kier molecular flexibility index (Phi) is 15.8. The first-order valence-corrected chi connectivity index (χ1v) is 18.7. The van der Waals surface area contributed by atoms with Crippen LogP contribution in [-0.2, 0) is 24.0 Å². The Balaban J connectivity index is 0.000000276. The van der Waals surface area contributed by atoms with E-state index in [4.69, 9.17) is 5.11 Å². The second kappa shape index (κ2) is 19.0. The Morgan fingerprint density at radius 3 is 0.565 bits per heavy atom. The molecule has 6 aromatic carbocycles. The molecule has 0 amide bonds.